The summed E-state index contributed by atoms with van der Waals surface area (Å²) in [6.45, 7) is 0.804. The van der Waals surface area contributed by atoms with Crippen LogP contribution in [0.5, 0.6) is 11.5 Å². The zero-order valence-corrected chi connectivity index (χ0v) is 10.9. The fourth-order valence-corrected chi connectivity index (χ4v) is 3.20. The lowest BCUT2D eigenvalue weighted by atomic mass is 10.1. The first-order valence-corrected chi connectivity index (χ1v) is 6.00. The van der Waals surface area contributed by atoms with Gasteiger partial charge < -0.3 is 9.47 Å². The minimum absolute atomic E-state index is 0.804. The Labute approximate surface area is 99.8 Å². The second kappa shape index (κ2) is 4.11. The van der Waals surface area contributed by atoms with E-state index < -0.39 is 0 Å². The molecule has 0 aliphatic carbocycles. The van der Waals surface area contributed by atoms with Crippen molar-refractivity contribution < 1.29 is 9.47 Å². The summed E-state index contributed by atoms with van der Waals surface area (Å²) in [7, 11) is 1.67. The summed E-state index contributed by atoms with van der Waals surface area (Å²) in [5.41, 5.74) is 1.20. The van der Waals surface area contributed by atoms with Gasteiger partial charge in [-0.1, -0.05) is 0 Å². The average molecular weight is 322 g/mol. The molecule has 1 aliphatic rings. The van der Waals surface area contributed by atoms with Crippen LogP contribution in [-0.2, 0) is 6.42 Å². The molecule has 0 aromatic heterocycles. The Morgan fingerprint density at radius 3 is 2.93 bits per heavy atom. The Balaban J connectivity index is 2.57. The maximum absolute atomic E-state index is 5.57. The molecule has 0 radical (unpaired) electrons. The van der Waals surface area contributed by atoms with Gasteiger partial charge in [-0.05, 0) is 50.8 Å². The van der Waals surface area contributed by atoms with E-state index in [0.29, 0.717) is 0 Å². The van der Waals surface area contributed by atoms with Gasteiger partial charge in [-0.25, -0.2) is 0 Å². The number of methoxy groups -OCH3 is 1. The lowest BCUT2D eigenvalue weighted by Crippen LogP contribution is -2.09. The quantitative estimate of drug-likeness (QED) is 0.787. The van der Waals surface area contributed by atoms with E-state index in [1.807, 2.05) is 6.07 Å². The van der Waals surface area contributed by atoms with E-state index in [0.717, 1.165) is 39.9 Å². The van der Waals surface area contributed by atoms with Crippen LogP contribution in [0.3, 0.4) is 0 Å². The molecular weight excluding hydrogens is 312 g/mol. The highest BCUT2D eigenvalue weighted by molar-refractivity contribution is 9.11. The molecule has 0 fully saturated rings. The fraction of sp³-hybridized carbons (Fsp3) is 0.400. The molecule has 1 aromatic carbocycles. The molecule has 0 spiro atoms. The predicted molar refractivity (Wildman–Crippen MR) is 62.2 cm³/mol. The maximum atomic E-state index is 5.57. The van der Waals surface area contributed by atoms with Gasteiger partial charge in [0.15, 0.2) is 0 Å². The number of ether oxygens (including phenoxy) is 2. The summed E-state index contributed by atoms with van der Waals surface area (Å²) >= 11 is 6.99. The minimum atomic E-state index is 0.804. The molecule has 4 heteroatoms. The van der Waals surface area contributed by atoms with Gasteiger partial charge >= 0.3 is 0 Å². The molecule has 0 saturated heterocycles. The van der Waals surface area contributed by atoms with Crippen molar-refractivity contribution in [1.82, 2.24) is 0 Å². The third-order valence-electron chi connectivity index (χ3n) is 2.27. The van der Waals surface area contributed by atoms with Crippen LogP contribution in [0.4, 0.5) is 0 Å². The van der Waals surface area contributed by atoms with Crippen LogP contribution in [0.15, 0.2) is 15.0 Å². The third kappa shape index (κ3) is 1.65. The maximum Gasteiger partial charge on any atom is 0.147 e. The first-order chi connectivity index (χ1) is 6.74. The Hall–Kier alpha value is -0.220. The van der Waals surface area contributed by atoms with Gasteiger partial charge in [-0.15, -0.1) is 0 Å². The molecule has 0 amide bonds. The molecule has 1 aliphatic heterocycles. The minimum Gasteiger partial charge on any atom is -0.494 e. The topological polar surface area (TPSA) is 18.5 Å². The van der Waals surface area contributed by atoms with Crippen LogP contribution in [0.2, 0.25) is 0 Å². The molecule has 14 heavy (non-hydrogen) atoms. The van der Waals surface area contributed by atoms with Crippen molar-refractivity contribution in [2.75, 3.05) is 13.7 Å². The molecule has 0 unspecified atom stereocenters. The molecule has 2 nitrogen and oxygen atoms in total. The van der Waals surface area contributed by atoms with Crippen LogP contribution in [0, 0.1) is 0 Å². The smallest absolute Gasteiger partial charge is 0.147 e. The summed E-state index contributed by atoms with van der Waals surface area (Å²) in [5, 5.41) is 0. The van der Waals surface area contributed by atoms with Crippen molar-refractivity contribution in [1.29, 1.82) is 0 Å². The van der Waals surface area contributed by atoms with E-state index >= 15 is 0 Å². The second-order valence-corrected chi connectivity index (χ2v) is 4.78. The number of benzene rings is 1. The lowest BCUT2D eigenvalue weighted by molar-refractivity contribution is 0.286. The molecule has 1 heterocycles. The van der Waals surface area contributed by atoms with Crippen LogP contribution in [0.25, 0.3) is 0 Å². The number of halogens is 2. The summed E-state index contributed by atoms with van der Waals surface area (Å²) < 4.78 is 12.8. The Morgan fingerprint density at radius 1 is 1.43 bits per heavy atom. The normalized spacial score (nSPS) is 14.5. The number of hydrogen-bond acceptors (Lipinski definition) is 2. The molecule has 0 bridgehead atoms. The number of rotatable bonds is 1. The van der Waals surface area contributed by atoms with E-state index in [9.17, 15) is 0 Å². The van der Waals surface area contributed by atoms with Crippen LogP contribution in [0.1, 0.15) is 12.0 Å². The zero-order chi connectivity index (χ0) is 10.1. The highest BCUT2D eigenvalue weighted by Crippen LogP contribution is 2.43. The van der Waals surface area contributed by atoms with Crippen molar-refractivity contribution >= 4 is 31.9 Å². The largest absolute Gasteiger partial charge is 0.494 e. The fourth-order valence-electron chi connectivity index (χ4n) is 1.60. The summed E-state index contributed by atoms with van der Waals surface area (Å²) in [5.74, 6) is 1.80. The highest BCUT2D eigenvalue weighted by Gasteiger charge is 2.19. The Bertz CT molecular complexity index is 364. The van der Waals surface area contributed by atoms with Crippen molar-refractivity contribution in [3.63, 3.8) is 0 Å². The van der Waals surface area contributed by atoms with E-state index in [1.54, 1.807) is 7.11 Å². The molecule has 76 valence electrons. The van der Waals surface area contributed by atoms with Crippen molar-refractivity contribution in [2.45, 2.75) is 12.8 Å². The van der Waals surface area contributed by atoms with Gasteiger partial charge in [-0.3, -0.25) is 0 Å². The second-order valence-electron chi connectivity index (χ2n) is 3.13. The van der Waals surface area contributed by atoms with E-state index in [4.69, 9.17) is 9.47 Å². The third-order valence-corrected chi connectivity index (χ3v) is 3.70. The molecule has 0 atom stereocenters. The molecular formula is C10H10Br2O2. The van der Waals surface area contributed by atoms with Crippen molar-refractivity contribution in [2.24, 2.45) is 0 Å². The highest BCUT2D eigenvalue weighted by atomic mass is 79.9. The Kier molecular flexibility index (Phi) is 3.02. The van der Waals surface area contributed by atoms with E-state index in [2.05, 4.69) is 31.9 Å². The standard InChI is InChI=1S/C10H10Br2O2/c1-13-10-7(11)5-8-6(9(10)12)3-2-4-14-8/h5H,2-4H2,1H3. The monoisotopic (exact) mass is 320 g/mol. The van der Waals surface area contributed by atoms with Gasteiger partial charge in [-0.2, -0.15) is 0 Å². The molecule has 1 aromatic rings. The van der Waals surface area contributed by atoms with Gasteiger partial charge in [0.25, 0.3) is 0 Å². The lowest BCUT2D eigenvalue weighted by Gasteiger charge is -2.20. The molecule has 0 N–H and O–H groups in total. The predicted octanol–water partition coefficient (Wildman–Crippen LogP) is 3.55. The summed E-state index contributed by atoms with van der Waals surface area (Å²) in [6.07, 6.45) is 2.11. The van der Waals surface area contributed by atoms with Gasteiger partial charge in [0, 0.05) is 5.56 Å². The summed E-state index contributed by atoms with van der Waals surface area (Å²) in [4.78, 5) is 0. The Morgan fingerprint density at radius 2 is 2.21 bits per heavy atom. The van der Waals surface area contributed by atoms with Crippen LogP contribution in [-0.4, -0.2) is 13.7 Å². The first-order valence-electron chi connectivity index (χ1n) is 4.41. The zero-order valence-electron chi connectivity index (χ0n) is 7.77. The van der Waals surface area contributed by atoms with Gasteiger partial charge in [0.1, 0.15) is 11.5 Å². The first kappa shape index (κ1) is 10.3. The van der Waals surface area contributed by atoms with Gasteiger partial charge in [0.2, 0.25) is 0 Å². The van der Waals surface area contributed by atoms with Crippen LogP contribution < -0.4 is 9.47 Å². The van der Waals surface area contributed by atoms with Crippen LogP contribution >= 0.6 is 31.9 Å². The van der Waals surface area contributed by atoms with Gasteiger partial charge in [0.05, 0.1) is 22.7 Å². The summed E-state index contributed by atoms with van der Waals surface area (Å²) in [6, 6.07) is 1.97. The number of hydrogen-bond donors (Lipinski definition) is 0. The molecule has 0 saturated carbocycles. The van der Waals surface area contributed by atoms with Crippen molar-refractivity contribution in [3.05, 3.63) is 20.6 Å². The van der Waals surface area contributed by atoms with E-state index in [-0.39, 0.29) is 0 Å². The number of fused-ring (bicyclic) bond motifs is 1. The SMILES string of the molecule is COc1c(Br)cc2c(c1Br)CCCO2. The molecule has 2 rings (SSSR count). The average Bonchev–Trinajstić information content (AvgIpc) is 2.18. The van der Waals surface area contributed by atoms with E-state index in [1.165, 1.54) is 5.56 Å². The van der Waals surface area contributed by atoms with Crippen molar-refractivity contribution in [3.8, 4) is 11.5 Å².